The molecule has 5 nitrogen and oxygen atoms in total. The van der Waals surface area contributed by atoms with Crippen molar-refractivity contribution in [1.82, 2.24) is 5.32 Å². The van der Waals surface area contributed by atoms with E-state index in [0.29, 0.717) is 12.8 Å². The fourth-order valence-corrected chi connectivity index (χ4v) is 4.08. The van der Waals surface area contributed by atoms with Gasteiger partial charge in [0.05, 0.1) is 17.4 Å². The highest BCUT2D eigenvalue weighted by Gasteiger charge is 2.30. The average Bonchev–Trinajstić information content (AvgIpc) is 2.76. The summed E-state index contributed by atoms with van der Waals surface area (Å²) < 4.78 is 22.8. The number of nitrogens with two attached hydrogens (primary N) is 1. The van der Waals surface area contributed by atoms with Gasteiger partial charge in [-0.05, 0) is 18.4 Å². The number of amides is 1. The molecule has 110 valence electrons. The summed E-state index contributed by atoms with van der Waals surface area (Å²) in [7, 11) is -2.98. The van der Waals surface area contributed by atoms with Gasteiger partial charge in [-0.3, -0.25) is 4.79 Å². The van der Waals surface area contributed by atoms with Crippen LogP contribution in [0.1, 0.15) is 12.0 Å². The van der Waals surface area contributed by atoms with Gasteiger partial charge in [-0.15, -0.1) is 0 Å². The summed E-state index contributed by atoms with van der Waals surface area (Å²) in [4.78, 5) is 12.2. The topological polar surface area (TPSA) is 89.3 Å². The van der Waals surface area contributed by atoms with Crippen LogP contribution in [-0.2, 0) is 21.1 Å². The minimum atomic E-state index is -2.98. The molecule has 1 saturated heterocycles. The van der Waals surface area contributed by atoms with Gasteiger partial charge in [0.25, 0.3) is 0 Å². The maximum atomic E-state index is 12.2. The quantitative estimate of drug-likeness (QED) is 0.807. The van der Waals surface area contributed by atoms with Gasteiger partial charge in [0.1, 0.15) is 0 Å². The van der Waals surface area contributed by atoms with E-state index in [-0.39, 0.29) is 35.9 Å². The molecule has 20 heavy (non-hydrogen) atoms. The Kier molecular flexibility index (Phi) is 4.77. The molecule has 1 aromatic rings. The molecule has 1 amide bonds. The normalized spacial score (nSPS) is 22.4. The molecule has 1 heterocycles. The molecule has 3 N–H and O–H groups in total. The van der Waals surface area contributed by atoms with Crippen LogP contribution in [0.25, 0.3) is 0 Å². The molecule has 2 atom stereocenters. The van der Waals surface area contributed by atoms with Crippen molar-refractivity contribution < 1.29 is 13.2 Å². The van der Waals surface area contributed by atoms with Gasteiger partial charge >= 0.3 is 0 Å². The number of hydrogen-bond donors (Lipinski definition) is 2. The predicted molar refractivity (Wildman–Crippen MR) is 77.9 cm³/mol. The minimum absolute atomic E-state index is 0.0430. The van der Waals surface area contributed by atoms with E-state index in [2.05, 4.69) is 5.32 Å². The monoisotopic (exact) mass is 296 g/mol. The molecule has 1 aromatic carbocycles. The van der Waals surface area contributed by atoms with Gasteiger partial charge in [-0.2, -0.15) is 0 Å². The van der Waals surface area contributed by atoms with Crippen LogP contribution in [0.5, 0.6) is 0 Å². The predicted octanol–water partition coefficient (Wildman–Crippen LogP) is 0.107. The van der Waals surface area contributed by atoms with E-state index in [1.54, 1.807) is 0 Å². The van der Waals surface area contributed by atoms with E-state index in [1.165, 1.54) is 0 Å². The van der Waals surface area contributed by atoms with Crippen LogP contribution in [0.3, 0.4) is 0 Å². The Morgan fingerprint density at radius 1 is 1.35 bits per heavy atom. The molecule has 1 fully saturated rings. The third-order valence-electron chi connectivity index (χ3n) is 3.56. The van der Waals surface area contributed by atoms with Crippen LogP contribution in [0.2, 0.25) is 0 Å². The van der Waals surface area contributed by atoms with Gasteiger partial charge in [0.15, 0.2) is 9.84 Å². The standard InChI is InChI=1S/C14H20N2O3S/c15-9-12(8-11-4-2-1-3-5-11)14(17)16-13-6-7-20(18,19)10-13/h1-5,12-13H,6-10,15H2,(H,16,17). The van der Waals surface area contributed by atoms with Crippen LogP contribution < -0.4 is 11.1 Å². The Morgan fingerprint density at radius 2 is 2.05 bits per heavy atom. The van der Waals surface area contributed by atoms with Crippen molar-refractivity contribution in [1.29, 1.82) is 0 Å². The van der Waals surface area contributed by atoms with Crippen molar-refractivity contribution in [3.8, 4) is 0 Å². The second kappa shape index (κ2) is 6.37. The highest BCUT2D eigenvalue weighted by molar-refractivity contribution is 7.91. The summed E-state index contributed by atoms with van der Waals surface area (Å²) in [5.74, 6) is -0.273. The maximum Gasteiger partial charge on any atom is 0.224 e. The highest BCUT2D eigenvalue weighted by atomic mass is 32.2. The molecule has 0 saturated carbocycles. The molecule has 0 bridgehead atoms. The van der Waals surface area contributed by atoms with Crippen LogP contribution in [0.15, 0.2) is 30.3 Å². The Bertz CT molecular complexity index is 557. The van der Waals surface area contributed by atoms with E-state index in [0.717, 1.165) is 5.56 Å². The summed E-state index contributed by atoms with van der Waals surface area (Å²) in [6, 6.07) is 9.41. The Hall–Kier alpha value is -1.40. The lowest BCUT2D eigenvalue weighted by atomic mass is 9.98. The lowest BCUT2D eigenvalue weighted by Gasteiger charge is -2.18. The number of carbonyl (C=O) groups is 1. The molecule has 1 aliphatic heterocycles. The number of sulfone groups is 1. The largest absolute Gasteiger partial charge is 0.352 e. The van der Waals surface area contributed by atoms with Crippen molar-refractivity contribution >= 4 is 15.7 Å². The third-order valence-corrected chi connectivity index (χ3v) is 5.33. The molecule has 2 unspecified atom stereocenters. The number of carbonyl (C=O) groups excluding carboxylic acids is 1. The van der Waals surface area contributed by atoms with Crippen molar-refractivity contribution in [3.63, 3.8) is 0 Å². The maximum absolute atomic E-state index is 12.2. The Balaban J connectivity index is 1.93. The Morgan fingerprint density at radius 3 is 2.60 bits per heavy atom. The van der Waals surface area contributed by atoms with Gasteiger partial charge in [0, 0.05) is 12.6 Å². The first-order valence-corrected chi connectivity index (χ1v) is 8.57. The summed E-state index contributed by atoms with van der Waals surface area (Å²) in [5, 5.41) is 2.81. The van der Waals surface area contributed by atoms with Gasteiger partial charge in [-0.1, -0.05) is 30.3 Å². The van der Waals surface area contributed by atoms with Crippen molar-refractivity contribution in [2.75, 3.05) is 18.1 Å². The van der Waals surface area contributed by atoms with Crippen molar-refractivity contribution in [2.24, 2.45) is 11.7 Å². The van der Waals surface area contributed by atoms with E-state index in [4.69, 9.17) is 5.73 Å². The first-order chi connectivity index (χ1) is 9.50. The summed E-state index contributed by atoms with van der Waals surface area (Å²) in [6.45, 7) is 0.250. The van der Waals surface area contributed by atoms with E-state index in [1.807, 2.05) is 30.3 Å². The zero-order valence-corrected chi connectivity index (χ0v) is 12.1. The zero-order chi connectivity index (χ0) is 14.6. The second-order valence-corrected chi connectivity index (χ2v) is 7.46. The summed E-state index contributed by atoms with van der Waals surface area (Å²) in [6.07, 6.45) is 1.07. The average molecular weight is 296 g/mol. The first-order valence-electron chi connectivity index (χ1n) is 6.75. The summed E-state index contributed by atoms with van der Waals surface area (Å²) in [5.41, 5.74) is 6.72. The van der Waals surface area contributed by atoms with Gasteiger partial charge in [-0.25, -0.2) is 8.42 Å². The molecule has 0 spiro atoms. The number of rotatable bonds is 5. The fraction of sp³-hybridized carbons (Fsp3) is 0.500. The lowest BCUT2D eigenvalue weighted by Crippen LogP contribution is -2.42. The molecule has 6 heteroatoms. The smallest absolute Gasteiger partial charge is 0.224 e. The molecule has 0 aromatic heterocycles. The van der Waals surface area contributed by atoms with Gasteiger partial charge in [0.2, 0.25) is 5.91 Å². The summed E-state index contributed by atoms with van der Waals surface area (Å²) >= 11 is 0. The van der Waals surface area contributed by atoms with Crippen LogP contribution in [0.4, 0.5) is 0 Å². The van der Waals surface area contributed by atoms with E-state index < -0.39 is 9.84 Å². The first kappa shape index (κ1) is 15.0. The number of nitrogens with one attached hydrogen (secondary N) is 1. The van der Waals surface area contributed by atoms with E-state index >= 15 is 0 Å². The molecule has 0 radical (unpaired) electrons. The third kappa shape index (κ3) is 4.05. The van der Waals surface area contributed by atoms with Crippen LogP contribution in [0, 0.1) is 5.92 Å². The SMILES string of the molecule is NCC(Cc1ccccc1)C(=O)NC1CCS(=O)(=O)C1. The molecular formula is C14H20N2O3S. The van der Waals surface area contributed by atoms with Crippen LogP contribution >= 0.6 is 0 Å². The molecular weight excluding hydrogens is 276 g/mol. The number of benzene rings is 1. The molecule has 0 aliphatic carbocycles. The lowest BCUT2D eigenvalue weighted by molar-refractivity contribution is -0.125. The van der Waals surface area contributed by atoms with Crippen molar-refractivity contribution in [3.05, 3.63) is 35.9 Å². The fourth-order valence-electron chi connectivity index (χ4n) is 2.41. The van der Waals surface area contributed by atoms with E-state index in [9.17, 15) is 13.2 Å². The molecule has 1 aliphatic rings. The number of hydrogen-bond acceptors (Lipinski definition) is 4. The van der Waals surface area contributed by atoms with Crippen LogP contribution in [-0.4, -0.2) is 38.4 Å². The Labute approximate surface area is 119 Å². The minimum Gasteiger partial charge on any atom is -0.352 e. The van der Waals surface area contributed by atoms with Gasteiger partial charge < -0.3 is 11.1 Å². The highest BCUT2D eigenvalue weighted by Crippen LogP contribution is 2.13. The zero-order valence-electron chi connectivity index (χ0n) is 11.3. The second-order valence-electron chi connectivity index (χ2n) is 5.23. The van der Waals surface area contributed by atoms with Crippen molar-refractivity contribution in [2.45, 2.75) is 18.9 Å². The molecule has 2 rings (SSSR count).